The maximum absolute atomic E-state index is 13.1. The van der Waals surface area contributed by atoms with Crippen molar-refractivity contribution >= 4 is 46.2 Å². The molecule has 4 aromatic rings. The fourth-order valence-electron chi connectivity index (χ4n) is 3.33. The third kappa shape index (κ3) is 5.53. The van der Waals surface area contributed by atoms with Crippen molar-refractivity contribution in [1.82, 2.24) is 9.97 Å². The van der Waals surface area contributed by atoms with E-state index in [1.54, 1.807) is 29.1 Å². The zero-order valence-electron chi connectivity index (χ0n) is 18.5. The summed E-state index contributed by atoms with van der Waals surface area (Å²) in [5.74, 6) is 0.305. The van der Waals surface area contributed by atoms with Crippen molar-refractivity contribution < 1.29 is 4.79 Å². The second-order valence-corrected chi connectivity index (χ2v) is 9.62. The highest BCUT2D eigenvalue weighted by molar-refractivity contribution is 7.13. The fourth-order valence-corrected chi connectivity index (χ4v) is 4.78. The third-order valence-corrected chi connectivity index (χ3v) is 6.68. The predicted octanol–water partition coefficient (Wildman–Crippen LogP) is 6.64. The summed E-state index contributed by atoms with van der Waals surface area (Å²) in [6, 6.07) is 9.66. The van der Waals surface area contributed by atoms with Gasteiger partial charge in [0.05, 0.1) is 0 Å². The molecule has 0 radical (unpaired) electrons. The molecule has 0 fully saturated rings. The van der Waals surface area contributed by atoms with E-state index in [1.165, 1.54) is 17.6 Å². The molecule has 1 aromatic carbocycles. The number of rotatable bonds is 9. The van der Waals surface area contributed by atoms with Crippen LogP contribution < -0.4 is 10.6 Å². The van der Waals surface area contributed by atoms with Crippen molar-refractivity contribution in [2.75, 3.05) is 17.2 Å². The quantitative estimate of drug-likeness (QED) is 0.237. The molecule has 3 N–H and O–H groups in total. The Labute approximate surface area is 201 Å². The molecule has 3 aromatic heterocycles. The van der Waals surface area contributed by atoms with Gasteiger partial charge in [-0.05, 0) is 59.0 Å². The molecule has 6 nitrogen and oxygen atoms in total. The number of carbonyl (C=O) groups excluding carboxylic acids is 1. The van der Waals surface area contributed by atoms with Gasteiger partial charge in [0.1, 0.15) is 10.7 Å². The molecule has 0 saturated heterocycles. The normalized spacial score (nSPS) is 10.9. The van der Waals surface area contributed by atoms with Gasteiger partial charge in [0.15, 0.2) is 0 Å². The summed E-state index contributed by atoms with van der Waals surface area (Å²) in [6.45, 7) is 5.20. The Kier molecular flexibility index (Phi) is 7.26. The summed E-state index contributed by atoms with van der Waals surface area (Å²) in [6.07, 6.45) is 5.79. The molecule has 33 heavy (non-hydrogen) atoms. The van der Waals surface area contributed by atoms with E-state index in [2.05, 4.69) is 39.8 Å². The van der Waals surface area contributed by atoms with E-state index >= 15 is 0 Å². The first-order valence-corrected chi connectivity index (χ1v) is 12.5. The summed E-state index contributed by atoms with van der Waals surface area (Å²) in [7, 11) is 0. The van der Waals surface area contributed by atoms with Crippen molar-refractivity contribution in [1.29, 1.82) is 5.41 Å². The number of pyridine rings is 1. The minimum atomic E-state index is -0.283. The molecule has 0 aliphatic heterocycles. The Bertz CT molecular complexity index is 1230. The van der Waals surface area contributed by atoms with E-state index in [0.717, 1.165) is 45.9 Å². The van der Waals surface area contributed by atoms with Crippen molar-refractivity contribution in [3.8, 4) is 21.7 Å². The largest absolute Gasteiger partial charge is 0.384 e. The highest BCUT2D eigenvalue weighted by Crippen LogP contribution is 2.35. The van der Waals surface area contributed by atoms with Crippen LogP contribution in [0.25, 0.3) is 21.7 Å². The molecular formula is C25H25N5OS2. The molecule has 8 heteroatoms. The summed E-state index contributed by atoms with van der Waals surface area (Å²) < 4.78 is 0. The molecule has 0 bridgehead atoms. The number of hydrogen-bond donors (Lipinski definition) is 3. The molecule has 1 amide bonds. The van der Waals surface area contributed by atoms with Gasteiger partial charge in [-0.15, -0.1) is 11.3 Å². The van der Waals surface area contributed by atoms with Crippen molar-refractivity contribution in [2.24, 2.45) is 5.92 Å². The summed E-state index contributed by atoms with van der Waals surface area (Å²) in [5.41, 5.74) is 5.43. The van der Waals surface area contributed by atoms with Crippen LogP contribution >= 0.6 is 22.7 Å². The second kappa shape index (κ2) is 10.5. The smallest absolute Gasteiger partial charge is 0.275 e. The average molecular weight is 476 g/mol. The highest BCUT2D eigenvalue weighted by Gasteiger charge is 2.17. The van der Waals surface area contributed by atoms with Crippen LogP contribution in [0.1, 0.15) is 36.3 Å². The zero-order chi connectivity index (χ0) is 23.2. The van der Waals surface area contributed by atoms with Gasteiger partial charge in [0.2, 0.25) is 0 Å². The van der Waals surface area contributed by atoms with Crippen molar-refractivity contribution in [3.63, 3.8) is 0 Å². The third-order valence-electron chi connectivity index (χ3n) is 5.11. The number of nitrogens with zero attached hydrogens (tertiary/aromatic N) is 2. The van der Waals surface area contributed by atoms with Crippen LogP contribution in [0.15, 0.2) is 58.9 Å². The van der Waals surface area contributed by atoms with Gasteiger partial charge in [-0.25, -0.2) is 4.98 Å². The Morgan fingerprint density at radius 3 is 2.76 bits per heavy atom. The molecule has 0 aliphatic carbocycles. The van der Waals surface area contributed by atoms with Crippen LogP contribution in [0, 0.1) is 11.3 Å². The van der Waals surface area contributed by atoms with E-state index < -0.39 is 0 Å². The fraction of sp³-hybridized carbons (Fsp3) is 0.200. The number of benzene rings is 1. The van der Waals surface area contributed by atoms with Gasteiger partial charge in [-0.2, -0.15) is 11.3 Å². The zero-order valence-corrected chi connectivity index (χ0v) is 20.1. The lowest BCUT2D eigenvalue weighted by molar-refractivity contribution is 0.102. The van der Waals surface area contributed by atoms with E-state index in [0.29, 0.717) is 17.3 Å². The van der Waals surface area contributed by atoms with Crippen molar-refractivity contribution in [2.45, 2.75) is 20.3 Å². The van der Waals surface area contributed by atoms with Gasteiger partial charge in [-0.1, -0.05) is 13.8 Å². The summed E-state index contributed by atoms with van der Waals surface area (Å²) >= 11 is 3.01. The van der Waals surface area contributed by atoms with Gasteiger partial charge >= 0.3 is 0 Å². The van der Waals surface area contributed by atoms with Crippen LogP contribution in [0.4, 0.5) is 11.4 Å². The van der Waals surface area contributed by atoms with Gasteiger partial charge < -0.3 is 16.0 Å². The average Bonchev–Trinajstić information content (AvgIpc) is 3.52. The first-order chi connectivity index (χ1) is 16.0. The van der Waals surface area contributed by atoms with Crippen LogP contribution in [-0.4, -0.2) is 28.6 Å². The lowest BCUT2D eigenvalue weighted by atomic mass is 10.0. The van der Waals surface area contributed by atoms with E-state index in [-0.39, 0.29) is 5.91 Å². The molecular weight excluding hydrogens is 450 g/mol. The Hall–Kier alpha value is -3.36. The topological polar surface area (TPSA) is 90.8 Å². The Morgan fingerprint density at radius 1 is 1.18 bits per heavy atom. The second-order valence-electron chi connectivity index (χ2n) is 7.98. The van der Waals surface area contributed by atoms with Gasteiger partial charge in [0, 0.05) is 58.6 Å². The maximum Gasteiger partial charge on any atom is 0.275 e. The number of thiazole rings is 1. The van der Waals surface area contributed by atoms with Gasteiger partial charge in [0.25, 0.3) is 5.91 Å². The number of aromatic nitrogens is 2. The minimum absolute atomic E-state index is 0.283. The number of hydrogen-bond acceptors (Lipinski definition) is 7. The van der Waals surface area contributed by atoms with E-state index in [4.69, 9.17) is 5.41 Å². The van der Waals surface area contributed by atoms with Gasteiger partial charge in [-0.3, -0.25) is 9.78 Å². The lowest BCUT2D eigenvalue weighted by Gasteiger charge is -2.16. The first-order valence-electron chi connectivity index (χ1n) is 10.7. The maximum atomic E-state index is 13.1. The van der Waals surface area contributed by atoms with E-state index in [9.17, 15) is 4.79 Å². The SMILES string of the molecule is CC(C)CCNc1cc(-c2ccsc2)c(NC(=O)c2csc(-c3cccnc3)n2)cc1C=N. The Morgan fingerprint density at radius 2 is 2.06 bits per heavy atom. The number of amides is 1. The van der Waals surface area contributed by atoms with Crippen LogP contribution in [0.2, 0.25) is 0 Å². The molecule has 0 spiro atoms. The molecule has 0 aliphatic rings. The standard InChI is InChI=1S/C25H25N5OS2/c1-16(2)5-8-28-21-11-20(18-6-9-32-14-18)22(10-19(21)12-26)29-24(31)23-15-33-25(30-23)17-4-3-7-27-13-17/h3-4,6-7,9-16,26,28H,5,8H2,1-2H3,(H,29,31). The molecule has 0 atom stereocenters. The molecule has 3 heterocycles. The van der Waals surface area contributed by atoms with Crippen LogP contribution in [-0.2, 0) is 0 Å². The number of nitrogens with one attached hydrogen (secondary N) is 3. The summed E-state index contributed by atoms with van der Waals surface area (Å²) in [5, 5.41) is 20.9. The number of thiophene rings is 1. The number of carbonyl (C=O) groups is 1. The monoisotopic (exact) mass is 475 g/mol. The predicted molar refractivity (Wildman–Crippen MR) is 139 cm³/mol. The van der Waals surface area contributed by atoms with Crippen LogP contribution in [0.3, 0.4) is 0 Å². The minimum Gasteiger partial charge on any atom is -0.384 e. The highest BCUT2D eigenvalue weighted by atomic mass is 32.1. The number of anilines is 2. The van der Waals surface area contributed by atoms with Crippen LogP contribution in [0.5, 0.6) is 0 Å². The lowest BCUT2D eigenvalue weighted by Crippen LogP contribution is -2.14. The molecule has 168 valence electrons. The van der Waals surface area contributed by atoms with E-state index in [1.807, 2.05) is 35.7 Å². The van der Waals surface area contributed by atoms with Crippen molar-refractivity contribution in [3.05, 3.63) is 70.1 Å². The Balaban J connectivity index is 1.63. The molecule has 0 unspecified atom stereocenters. The molecule has 4 rings (SSSR count). The first kappa shape index (κ1) is 22.8. The molecule has 0 saturated carbocycles. The summed E-state index contributed by atoms with van der Waals surface area (Å²) in [4.78, 5) is 21.7.